The first-order valence-corrected chi connectivity index (χ1v) is 11.5. The number of esters is 1. The molecule has 7 nitrogen and oxygen atoms in total. The van der Waals surface area contributed by atoms with E-state index in [1.807, 2.05) is 0 Å². The van der Waals surface area contributed by atoms with Gasteiger partial charge in [0.25, 0.3) is 0 Å². The van der Waals surface area contributed by atoms with Crippen LogP contribution in [0.1, 0.15) is 35.7 Å². The zero-order valence-corrected chi connectivity index (χ0v) is 18.2. The molecule has 2 aromatic rings. The van der Waals surface area contributed by atoms with Crippen LogP contribution in [0.4, 0.5) is 10.1 Å². The number of aryl methyl sites for hydroxylation is 1. The molecule has 1 amide bonds. The second-order valence-electron chi connectivity index (χ2n) is 7.40. The number of carbonyl (C=O) groups excluding carboxylic acids is 2. The Bertz CT molecular complexity index is 1070. The molecule has 0 saturated carbocycles. The molecular formula is C22H25FN2O5S. The minimum Gasteiger partial charge on any atom is -0.462 e. The number of rotatable bonds is 6. The summed E-state index contributed by atoms with van der Waals surface area (Å²) >= 11 is 0. The number of sulfonamides is 1. The van der Waals surface area contributed by atoms with Gasteiger partial charge in [-0.2, -0.15) is 4.31 Å². The number of hydrogen-bond acceptors (Lipinski definition) is 5. The summed E-state index contributed by atoms with van der Waals surface area (Å²) in [6, 6.07) is 9.50. The highest BCUT2D eigenvalue weighted by molar-refractivity contribution is 7.89. The Balaban J connectivity index is 1.70. The maximum Gasteiger partial charge on any atom is 0.338 e. The zero-order chi connectivity index (χ0) is 22.6. The van der Waals surface area contributed by atoms with Crippen LogP contribution in [-0.4, -0.2) is 44.3 Å². The predicted octanol–water partition coefficient (Wildman–Crippen LogP) is 3.35. The molecule has 1 atom stereocenters. The topological polar surface area (TPSA) is 92.8 Å². The van der Waals surface area contributed by atoms with Crippen LogP contribution in [0.25, 0.3) is 0 Å². The molecule has 1 heterocycles. The molecule has 2 aromatic carbocycles. The van der Waals surface area contributed by atoms with Crippen molar-refractivity contribution in [3.63, 3.8) is 0 Å². The van der Waals surface area contributed by atoms with Crippen LogP contribution < -0.4 is 5.32 Å². The van der Waals surface area contributed by atoms with Crippen molar-refractivity contribution in [3.05, 3.63) is 59.4 Å². The Hall–Kier alpha value is -2.78. The van der Waals surface area contributed by atoms with Crippen LogP contribution in [-0.2, 0) is 19.6 Å². The molecule has 9 heteroatoms. The van der Waals surface area contributed by atoms with Gasteiger partial charge in [0, 0.05) is 18.8 Å². The van der Waals surface area contributed by atoms with Crippen LogP contribution in [0.15, 0.2) is 47.4 Å². The van der Waals surface area contributed by atoms with E-state index in [2.05, 4.69) is 5.32 Å². The largest absolute Gasteiger partial charge is 0.462 e. The summed E-state index contributed by atoms with van der Waals surface area (Å²) in [5, 5.41) is 2.84. The van der Waals surface area contributed by atoms with E-state index in [0.717, 1.165) is 12.1 Å². The number of hydrogen-bond donors (Lipinski definition) is 1. The second-order valence-corrected chi connectivity index (χ2v) is 9.33. The summed E-state index contributed by atoms with van der Waals surface area (Å²) in [6.07, 6.45) is 1.10. The Morgan fingerprint density at radius 1 is 1.19 bits per heavy atom. The highest BCUT2D eigenvalue weighted by Gasteiger charge is 2.33. The van der Waals surface area contributed by atoms with Crippen LogP contribution >= 0.6 is 0 Å². The number of carbonyl (C=O) groups is 2. The molecule has 31 heavy (non-hydrogen) atoms. The summed E-state index contributed by atoms with van der Waals surface area (Å²) in [5.41, 5.74) is 1.65. The van der Waals surface area contributed by atoms with Gasteiger partial charge in [0.05, 0.1) is 23.0 Å². The third kappa shape index (κ3) is 5.29. The van der Waals surface area contributed by atoms with E-state index < -0.39 is 27.7 Å². The molecular weight excluding hydrogens is 423 g/mol. The van der Waals surface area contributed by atoms with Crippen molar-refractivity contribution in [1.29, 1.82) is 0 Å². The molecule has 0 radical (unpaired) electrons. The van der Waals surface area contributed by atoms with Crippen LogP contribution in [0.2, 0.25) is 0 Å². The first kappa shape index (κ1) is 22.9. The van der Waals surface area contributed by atoms with Crippen molar-refractivity contribution in [2.75, 3.05) is 25.0 Å². The summed E-state index contributed by atoms with van der Waals surface area (Å²) in [4.78, 5) is 24.7. The first-order valence-electron chi connectivity index (χ1n) is 10.1. The van der Waals surface area contributed by atoms with Gasteiger partial charge >= 0.3 is 5.97 Å². The Morgan fingerprint density at radius 2 is 1.90 bits per heavy atom. The smallest absolute Gasteiger partial charge is 0.338 e. The molecule has 0 aromatic heterocycles. The molecule has 3 rings (SSSR count). The number of piperidine rings is 1. The molecule has 1 N–H and O–H groups in total. The lowest BCUT2D eigenvalue weighted by molar-refractivity contribution is -0.120. The maximum absolute atomic E-state index is 13.1. The third-order valence-electron chi connectivity index (χ3n) is 5.20. The SMILES string of the molecule is CCOC(=O)c1ccc(NC(=O)C2CCCN(S(=O)(=O)c3ccc(F)cc3)C2)c(C)c1. The van der Waals surface area contributed by atoms with Gasteiger partial charge < -0.3 is 10.1 Å². The van der Waals surface area contributed by atoms with E-state index in [0.29, 0.717) is 36.2 Å². The summed E-state index contributed by atoms with van der Waals surface area (Å²) in [7, 11) is -3.81. The van der Waals surface area contributed by atoms with Crippen LogP contribution in [0, 0.1) is 18.7 Å². The van der Waals surface area contributed by atoms with Crippen molar-refractivity contribution in [2.45, 2.75) is 31.6 Å². The molecule has 1 fully saturated rings. The maximum atomic E-state index is 13.1. The molecule has 0 bridgehead atoms. The van der Waals surface area contributed by atoms with Crippen LogP contribution in [0.5, 0.6) is 0 Å². The number of ether oxygens (including phenoxy) is 1. The number of halogens is 1. The quantitative estimate of drug-likeness (QED) is 0.684. The lowest BCUT2D eigenvalue weighted by atomic mass is 9.98. The van der Waals surface area contributed by atoms with Gasteiger partial charge in [-0.15, -0.1) is 0 Å². The number of amides is 1. The highest BCUT2D eigenvalue weighted by atomic mass is 32.2. The van der Waals surface area contributed by atoms with Gasteiger partial charge in [-0.25, -0.2) is 17.6 Å². The molecule has 0 aliphatic carbocycles. The second kappa shape index (κ2) is 9.57. The van der Waals surface area contributed by atoms with E-state index in [-0.39, 0.29) is 24.0 Å². The lowest BCUT2D eigenvalue weighted by Crippen LogP contribution is -2.43. The fourth-order valence-electron chi connectivity index (χ4n) is 3.51. The lowest BCUT2D eigenvalue weighted by Gasteiger charge is -2.31. The van der Waals surface area contributed by atoms with E-state index in [9.17, 15) is 22.4 Å². The fourth-order valence-corrected chi connectivity index (χ4v) is 5.03. The number of anilines is 1. The van der Waals surface area contributed by atoms with E-state index in [4.69, 9.17) is 4.74 Å². The summed E-state index contributed by atoms with van der Waals surface area (Å²) in [5.74, 6) is -1.75. The summed E-state index contributed by atoms with van der Waals surface area (Å²) < 4.78 is 45.1. The Morgan fingerprint density at radius 3 is 2.55 bits per heavy atom. The van der Waals surface area contributed by atoms with Gasteiger partial charge in [0.2, 0.25) is 15.9 Å². The van der Waals surface area contributed by atoms with Crippen molar-refractivity contribution in [2.24, 2.45) is 5.92 Å². The highest BCUT2D eigenvalue weighted by Crippen LogP contribution is 2.26. The van der Waals surface area contributed by atoms with Crippen molar-refractivity contribution in [1.82, 2.24) is 4.31 Å². The summed E-state index contributed by atoms with van der Waals surface area (Å²) in [6.45, 7) is 4.12. The fraction of sp³-hybridized carbons (Fsp3) is 0.364. The van der Waals surface area contributed by atoms with Crippen molar-refractivity contribution in [3.8, 4) is 0 Å². The normalized spacial score (nSPS) is 17.2. The van der Waals surface area contributed by atoms with Crippen molar-refractivity contribution >= 4 is 27.6 Å². The molecule has 0 spiro atoms. The minimum absolute atomic E-state index is 0.000330. The third-order valence-corrected chi connectivity index (χ3v) is 7.08. The minimum atomic E-state index is -3.81. The Labute approximate surface area is 181 Å². The molecule has 166 valence electrons. The number of nitrogens with one attached hydrogen (secondary N) is 1. The number of nitrogens with zero attached hydrogens (tertiary/aromatic N) is 1. The van der Waals surface area contributed by atoms with Crippen molar-refractivity contribution < 1.29 is 27.1 Å². The average Bonchev–Trinajstić information content (AvgIpc) is 2.75. The predicted molar refractivity (Wildman–Crippen MR) is 114 cm³/mol. The van der Waals surface area contributed by atoms with Gasteiger partial charge in [-0.1, -0.05) is 0 Å². The molecule has 1 unspecified atom stereocenters. The molecule has 1 aliphatic rings. The van der Waals surface area contributed by atoms with Crippen LogP contribution in [0.3, 0.4) is 0 Å². The van der Waals surface area contributed by atoms with E-state index >= 15 is 0 Å². The van der Waals surface area contributed by atoms with Gasteiger partial charge in [-0.05, 0) is 74.7 Å². The van der Waals surface area contributed by atoms with E-state index in [1.54, 1.807) is 32.0 Å². The monoisotopic (exact) mass is 448 g/mol. The zero-order valence-electron chi connectivity index (χ0n) is 17.4. The standard InChI is InChI=1S/C22H25FN2O5S/c1-3-30-22(27)16-6-11-20(15(2)13-16)24-21(26)17-5-4-12-25(14-17)31(28,29)19-9-7-18(23)8-10-19/h6-11,13,17H,3-5,12,14H2,1-2H3,(H,24,26). The molecule has 1 saturated heterocycles. The van der Waals surface area contributed by atoms with Gasteiger partial charge in [-0.3, -0.25) is 4.79 Å². The average molecular weight is 449 g/mol. The van der Waals surface area contributed by atoms with Gasteiger partial charge in [0.15, 0.2) is 0 Å². The van der Waals surface area contributed by atoms with E-state index in [1.165, 1.54) is 16.4 Å². The first-order chi connectivity index (χ1) is 14.7. The van der Waals surface area contributed by atoms with Gasteiger partial charge in [0.1, 0.15) is 5.82 Å². The Kier molecular flexibility index (Phi) is 7.07. The number of benzene rings is 2. The molecule has 1 aliphatic heterocycles.